The Bertz CT molecular complexity index is 1070. The zero-order valence-corrected chi connectivity index (χ0v) is 15.9. The zero-order valence-electron chi connectivity index (χ0n) is 15.9. The molecule has 3 aromatic rings. The fourth-order valence-electron chi connectivity index (χ4n) is 4.16. The molecule has 1 aliphatic heterocycles. The van der Waals surface area contributed by atoms with Gasteiger partial charge in [0.05, 0.1) is 11.3 Å². The van der Waals surface area contributed by atoms with Gasteiger partial charge in [0.1, 0.15) is 0 Å². The number of fused-ring (bicyclic) bond motifs is 2. The summed E-state index contributed by atoms with van der Waals surface area (Å²) in [4.78, 5) is 20.4. The monoisotopic (exact) mass is 357 g/mol. The minimum absolute atomic E-state index is 0.0316. The number of rotatable bonds is 2. The van der Waals surface area contributed by atoms with Gasteiger partial charge in [0.2, 0.25) is 0 Å². The lowest BCUT2D eigenvalue weighted by Gasteiger charge is -2.21. The lowest BCUT2D eigenvalue weighted by molar-refractivity contribution is 0.0937. The van der Waals surface area contributed by atoms with Crippen LogP contribution in [0.15, 0.2) is 36.5 Å². The van der Waals surface area contributed by atoms with Gasteiger partial charge < -0.3 is 10.3 Å². The lowest BCUT2D eigenvalue weighted by Crippen LogP contribution is -2.38. The molecule has 2 N–H and O–H groups in total. The highest BCUT2D eigenvalue weighted by Gasteiger charge is 2.50. The molecule has 1 amide bonds. The predicted octanol–water partition coefficient (Wildman–Crippen LogP) is 4.44. The van der Waals surface area contributed by atoms with Crippen LogP contribution in [0, 0.1) is 20.8 Å². The largest absolute Gasteiger partial charge is 0.357 e. The summed E-state index contributed by atoms with van der Waals surface area (Å²) in [5, 5.41) is 3.04. The highest BCUT2D eigenvalue weighted by molar-refractivity contribution is 5.99. The highest BCUT2D eigenvalue weighted by Crippen LogP contribution is 2.50. The summed E-state index contributed by atoms with van der Waals surface area (Å²) in [6.45, 7) is 7.19. The van der Waals surface area contributed by atoms with Crippen molar-refractivity contribution >= 4 is 5.91 Å². The quantitative estimate of drug-likeness (QED) is 0.712. The molecular formula is C23H23N3O. The summed E-state index contributed by atoms with van der Waals surface area (Å²) in [7, 11) is 0. The molecule has 1 saturated carbocycles. The highest BCUT2D eigenvalue weighted by atomic mass is 16.1. The second-order valence-electron chi connectivity index (χ2n) is 8.10. The van der Waals surface area contributed by atoms with E-state index in [-0.39, 0.29) is 11.3 Å². The van der Waals surface area contributed by atoms with Crippen LogP contribution in [0.4, 0.5) is 0 Å². The molecule has 0 atom stereocenters. The van der Waals surface area contributed by atoms with Crippen molar-refractivity contribution in [3.63, 3.8) is 0 Å². The molecule has 2 aliphatic rings. The van der Waals surface area contributed by atoms with E-state index in [0.29, 0.717) is 0 Å². The normalized spacial score (nSPS) is 16.9. The standard InChI is InChI=1S/C23H23N3O/c1-13-8-17(9-14(2)15(13)3)19-10-16(4-7-24-19)20-11-18-21(26-20)23(5-6-23)12-25-22(18)27/h4,7-11,26H,5-6,12H2,1-3H3,(H,25,27). The molecule has 1 aromatic carbocycles. The van der Waals surface area contributed by atoms with E-state index in [9.17, 15) is 4.79 Å². The van der Waals surface area contributed by atoms with Crippen molar-refractivity contribution < 1.29 is 4.79 Å². The number of hydrogen-bond acceptors (Lipinski definition) is 2. The van der Waals surface area contributed by atoms with E-state index in [1.165, 1.54) is 16.7 Å². The van der Waals surface area contributed by atoms with Crippen LogP contribution in [-0.2, 0) is 5.41 Å². The second-order valence-corrected chi connectivity index (χ2v) is 8.10. The van der Waals surface area contributed by atoms with E-state index in [2.05, 4.69) is 54.3 Å². The first-order valence-electron chi connectivity index (χ1n) is 9.53. The summed E-state index contributed by atoms with van der Waals surface area (Å²) >= 11 is 0. The fraction of sp³-hybridized carbons (Fsp3) is 0.304. The molecule has 1 aliphatic carbocycles. The summed E-state index contributed by atoms with van der Waals surface area (Å²) in [5.74, 6) is 0.0316. The average Bonchev–Trinajstić information content (AvgIpc) is 3.29. The molecule has 4 heteroatoms. The Balaban J connectivity index is 1.58. The van der Waals surface area contributed by atoms with E-state index < -0.39 is 0 Å². The van der Waals surface area contributed by atoms with Crippen LogP contribution in [0.1, 0.15) is 45.6 Å². The number of aromatic amines is 1. The smallest absolute Gasteiger partial charge is 0.253 e. The van der Waals surface area contributed by atoms with Crippen LogP contribution in [0.5, 0.6) is 0 Å². The van der Waals surface area contributed by atoms with Gasteiger partial charge in [0.25, 0.3) is 5.91 Å². The maximum absolute atomic E-state index is 12.3. The number of amides is 1. The van der Waals surface area contributed by atoms with E-state index in [4.69, 9.17) is 0 Å². The van der Waals surface area contributed by atoms with E-state index in [0.717, 1.165) is 53.2 Å². The molecule has 0 saturated heterocycles. The Morgan fingerprint density at radius 1 is 1.00 bits per heavy atom. The molecule has 0 unspecified atom stereocenters. The molecule has 1 fully saturated rings. The first kappa shape index (κ1) is 16.3. The van der Waals surface area contributed by atoms with Crippen LogP contribution >= 0.6 is 0 Å². The molecule has 27 heavy (non-hydrogen) atoms. The summed E-state index contributed by atoms with van der Waals surface area (Å²) in [6.07, 6.45) is 4.13. The number of H-pyrrole nitrogens is 1. The van der Waals surface area contributed by atoms with E-state index in [1.54, 1.807) is 0 Å². The molecule has 5 rings (SSSR count). The number of pyridine rings is 1. The van der Waals surface area contributed by atoms with Crippen LogP contribution < -0.4 is 5.32 Å². The SMILES string of the molecule is Cc1cc(-c2cc(-c3cc4c([nH]3)C3(CC3)CNC4=O)ccn2)cc(C)c1C. The molecular weight excluding hydrogens is 334 g/mol. The van der Waals surface area contributed by atoms with Gasteiger partial charge in [-0.15, -0.1) is 0 Å². The van der Waals surface area contributed by atoms with Gasteiger partial charge in [-0.3, -0.25) is 9.78 Å². The number of nitrogens with zero attached hydrogens (tertiary/aromatic N) is 1. The molecule has 0 bridgehead atoms. The maximum Gasteiger partial charge on any atom is 0.253 e. The molecule has 1 spiro atoms. The third kappa shape index (κ3) is 2.51. The van der Waals surface area contributed by atoms with Gasteiger partial charge in [0.15, 0.2) is 0 Å². The van der Waals surface area contributed by atoms with Crippen molar-refractivity contribution in [1.29, 1.82) is 0 Å². The van der Waals surface area contributed by atoms with E-state index in [1.807, 2.05) is 18.3 Å². The molecule has 4 nitrogen and oxygen atoms in total. The van der Waals surface area contributed by atoms with Crippen LogP contribution in [0.25, 0.3) is 22.5 Å². The Kier molecular flexibility index (Phi) is 3.36. The van der Waals surface area contributed by atoms with Crippen LogP contribution in [0.3, 0.4) is 0 Å². The van der Waals surface area contributed by atoms with Gasteiger partial charge in [-0.25, -0.2) is 0 Å². The second kappa shape index (κ2) is 5.56. The van der Waals surface area contributed by atoms with E-state index >= 15 is 0 Å². The van der Waals surface area contributed by atoms with Gasteiger partial charge in [-0.2, -0.15) is 0 Å². The van der Waals surface area contributed by atoms with Crippen molar-refractivity contribution in [2.45, 2.75) is 39.0 Å². The van der Waals surface area contributed by atoms with Crippen LogP contribution in [0.2, 0.25) is 0 Å². The van der Waals surface area contributed by atoms with Crippen molar-refractivity contribution in [2.75, 3.05) is 6.54 Å². The maximum atomic E-state index is 12.3. The van der Waals surface area contributed by atoms with Crippen molar-refractivity contribution in [1.82, 2.24) is 15.3 Å². The lowest BCUT2D eigenvalue weighted by atomic mass is 9.95. The molecule has 0 radical (unpaired) electrons. The zero-order chi connectivity index (χ0) is 18.8. The molecule has 3 heterocycles. The number of nitrogens with one attached hydrogen (secondary N) is 2. The number of hydrogen-bond donors (Lipinski definition) is 2. The topological polar surface area (TPSA) is 57.8 Å². The average molecular weight is 357 g/mol. The minimum Gasteiger partial charge on any atom is -0.357 e. The third-order valence-corrected chi connectivity index (χ3v) is 6.33. The van der Waals surface area contributed by atoms with Gasteiger partial charge in [-0.1, -0.05) is 0 Å². The number of benzene rings is 1. The van der Waals surface area contributed by atoms with Gasteiger partial charge in [-0.05, 0) is 80.6 Å². The Morgan fingerprint density at radius 3 is 2.44 bits per heavy atom. The number of carbonyl (C=O) groups excluding carboxylic acids is 1. The number of carbonyl (C=O) groups is 1. The Labute approximate surface area is 159 Å². The summed E-state index contributed by atoms with van der Waals surface area (Å²) in [6, 6.07) is 10.5. The van der Waals surface area contributed by atoms with Crippen LogP contribution in [-0.4, -0.2) is 22.4 Å². The van der Waals surface area contributed by atoms with Crippen molar-refractivity contribution in [3.05, 3.63) is 64.5 Å². The first-order chi connectivity index (χ1) is 13.0. The Morgan fingerprint density at radius 2 is 1.74 bits per heavy atom. The van der Waals surface area contributed by atoms with Crippen molar-refractivity contribution in [2.24, 2.45) is 0 Å². The first-order valence-corrected chi connectivity index (χ1v) is 9.53. The predicted molar refractivity (Wildman–Crippen MR) is 107 cm³/mol. The third-order valence-electron chi connectivity index (χ3n) is 6.33. The summed E-state index contributed by atoms with van der Waals surface area (Å²) in [5.41, 5.74) is 10.1. The summed E-state index contributed by atoms with van der Waals surface area (Å²) < 4.78 is 0. The molecule has 136 valence electrons. The van der Waals surface area contributed by atoms with Crippen molar-refractivity contribution in [3.8, 4) is 22.5 Å². The van der Waals surface area contributed by atoms with Gasteiger partial charge in [0, 0.05) is 40.7 Å². The number of aromatic nitrogens is 2. The minimum atomic E-state index is 0.0316. The molecule has 2 aromatic heterocycles. The van der Waals surface area contributed by atoms with Gasteiger partial charge >= 0.3 is 0 Å². The number of aryl methyl sites for hydroxylation is 2. The fourth-order valence-corrected chi connectivity index (χ4v) is 4.16. The Hall–Kier alpha value is -2.88.